The maximum Gasteiger partial charge on any atom is 0.119 e. The molecule has 30 heavy (non-hydrogen) atoms. The van der Waals surface area contributed by atoms with Gasteiger partial charge in [0.15, 0.2) is 0 Å². The number of benzene rings is 3. The number of anilines is 2. The number of hydrogen-bond donors (Lipinski definition) is 1. The summed E-state index contributed by atoms with van der Waals surface area (Å²) in [5, 5.41) is 4.99. The standard InChI is InChI=1S/C25H26Cl2N2O/c26-21-6-4-5-20(15-21)18-30-23-10-7-19(8-11-23)17-28-22-9-12-25(24(27)16-22)29-13-2-1-3-14-29/h4-12,15-16,28H,1-3,13-14,17-18H2. The van der Waals surface area contributed by atoms with Crippen molar-refractivity contribution in [2.75, 3.05) is 23.3 Å². The lowest BCUT2D eigenvalue weighted by molar-refractivity contribution is 0.306. The number of rotatable bonds is 7. The van der Waals surface area contributed by atoms with Crippen LogP contribution in [0.4, 0.5) is 11.4 Å². The molecule has 1 saturated heterocycles. The average molecular weight is 441 g/mol. The minimum atomic E-state index is 0.500. The predicted molar refractivity (Wildman–Crippen MR) is 127 cm³/mol. The second-order valence-electron chi connectivity index (χ2n) is 7.63. The molecule has 1 aliphatic rings. The third kappa shape index (κ3) is 5.62. The maximum absolute atomic E-state index is 6.55. The van der Waals surface area contributed by atoms with Crippen LogP contribution in [0.1, 0.15) is 30.4 Å². The third-order valence-electron chi connectivity index (χ3n) is 5.36. The fraction of sp³-hybridized carbons (Fsp3) is 0.280. The van der Waals surface area contributed by atoms with Crippen molar-refractivity contribution in [3.05, 3.63) is 87.9 Å². The van der Waals surface area contributed by atoms with E-state index in [4.69, 9.17) is 27.9 Å². The molecule has 3 nitrogen and oxygen atoms in total. The highest BCUT2D eigenvalue weighted by atomic mass is 35.5. The molecule has 1 N–H and O–H groups in total. The summed E-state index contributed by atoms with van der Waals surface area (Å²) in [7, 11) is 0. The van der Waals surface area contributed by atoms with Crippen LogP contribution in [0.2, 0.25) is 10.0 Å². The summed E-state index contributed by atoms with van der Waals surface area (Å²) in [4.78, 5) is 2.39. The Hall–Kier alpha value is -2.36. The summed E-state index contributed by atoms with van der Waals surface area (Å²) >= 11 is 12.6. The molecule has 3 aromatic carbocycles. The number of ether oxygens (including phenoxy) is 1. The Bertz CT molecular complexity index is 969. The third-order valence-corrected chi connectivity index (χ3v) is 5.90. The van der Waals surface area contributed by atoms with Crippen molar-refractivity contribution in [2.24, 2.45) is 0 Å². The Kier molecular flexibility index (Phi) is 7.03. The van der Waals surface area contributed by atoms with Crippen molar-refractivity contribution in [1.29, 1.82) is 0 Å². The lowest BCUT2D eigenvalue weighted by Crippen LogP contribution is -2.29. The molecular formula is C25H26Cl2N2O. The number of nitrogens with zero attached hydrogens (tertiary/aromatic N) is 1. The molecule has 0 unspecified atom stereocenters. The van der Waals surface area contributed by atoms with Crippen LogP contribution in [0.15, 0.2) is 66.7 Å². The Morgan fingerprint density at radius 3 is 2.37 bits per heavy atom. The van der Waals surface area contributed by atoms with E-state index in [9.17, 15) is 0 Å². The zero-order chi connectivity index (χ0) is 20.8. The summed E-state index contributed by atoms with van der Waals surface area (Å²) in [5.74, 6) is 0.840. The van der Waals surface area contributed by atoms with Gasteiger partial charge in [-0.1, -0.05) is 47.5 Å². The highest BCUT2D eigenvalue weighted by molar-refractivity contribution is 6.33. The Balaban J connectivity index is 1.30. The number of hydrogen-bond acceptors (Lipinski definition) is 3. The number of nitrogens with one attached hydrogen (secondary N) is 1. The Labute approximate surface area is 188 Å². The van der Waals surface area contributed by atoms with Crippen LogP contribution in [-0.2, 0) is 13.2 Å². The topological polar surface area (TPSA) is 24.5 Å². The second-order valence-corrected chi connectivity index (χ2v) is 8.47. The van der Waals surface area contributed by atoms with Crippen LogP contribution in [0.5, 0.6) is 5.75 Å². The SMILES string of the molecule is Clc1cccc(COc2ccc(CNc3ccc(N4CCCCC4)c(Cl)c3)cc2)c1. The molecular weight excluding hydrogens is 415 g/mol. The summed E-state index contributed by atoms with van der Waals surface area (Å²) in [6.45, 7) is 3.42. The zero-order valence-corrected chi connectivity index (χ0v) is 18.4. The molecule has 0 saturated carbocycles. The molecule has 0 amide bonds. The van der Waals surface area contributed by atoms with Gasteiger partial charge >= 0.3 is 0 Å². The van der Waals surface area contributed by atoms with Gasteiger partial charge in [-0.2, -0.15) is 0 Å². The van der Waals surface area contributed by atoms with E-state index < -0.39 is 0 Å². The van der Waals surface area contributed by atoms with E-state index in [0.717, 1.165) is 52.4 Å². The Morgan fingerprint density at radius 2 is 1.63 bits per heavy atom. The Morgan fingerprint density at radius 1 is 0.833 bits per heavy atom. The fourth-order valence-electron chi connectivity index (χ4n) is 3.71. The van der Waals surface area contributed by atoms with Crippen molar-refractivity contribution in [1.82, 2.24) is 0 Å². The zero-order valence-electron chi connectivity index (χ0n) is 16.9. The van der Waals surface area contributed by atoms with Gasteiger partial charge < -0.3 is 15.0 Å². The molecule has 0 atom stereocenters. The van der Waals surface area contributed by atoms with Gasteiger partial charge in [0.1, 0.15) is 12.4 Å². The first-order valence-corrected chi connectivity index (χ1v) is 11.2. The lowest BCUT2D eigenvalue weighted by atomic mass is 10.1. The van der Waals surface area contributed by atoms with Gasteiger partial charge in [0.25, 0.3) is 0 Å². The molecule has 3 aromatic rings. The largest absolute Gasteiger partial charge is 0.489 e. The van der Waals surface area contributed by atoms with Gasteiger partial charge in [-0.3, -0.25) is 0 Å². The van der Waals surface area contributed by atoms with Gasteiger partial charge in [-0.05, 0) is 72.9 Å². The van der Waals surface area contributed by atoms with Crippen LogP contribution >= 0.6 is 23.2 Å². The van der Waals surface area contributed by atoms with Gasteiger partial charge in [0.05, 0.1) is 10.7 Å². The van der Waals surface area contributed by atoms with E-state index in [1.54, 1.807) is 0 Å². The summed E-state index contributed by atoms with van der Waals surface area (Å²) in [6, 6.07) is 22.1. The molecule has 1 aliphatic heterocycles. The normalized spacial score (nSPS) is 13.9. The number of piperidine rings is 1. The molecule has 0 radical (unpaired) electrons. The van der Waals surface area contributed by atoms with Crippen LogP contribution in [0, 0.1) is 0 Å². The van der Waals surface area contributed by atoms with Gasteiger partial charge in [0.2, 0.25) is 0 Å². The van der Waals surface area contributed by atoms with Gasteiger partial charge in [-0.15, -0.1) is 0 Å². The van der Waals surface area contributed by atoms with Crippen molar-refractivity contribution >= 4 is 34.6 Å². The maximum atomic E-state index is 6.55. The average Bonchev–Trinajstić information content (AvgIpc) is 2.78. The fourth-order valence-corrected chi connectivity index (χ4v) is 4.22. The monoisotopic (exact) mass is 440 g/mol. The van der Waals surface area contributed by atoms with Crippen LogP contribution in [-0.4, -0.2) is 13.1 Å². The van der Waals surface area contributed by atoms with Crippen LogP contribution in [0.3, 0.4) is 0 Å². The van der Waals surface area contributed by atoms with E-state index >= 15 is 0 Å². The van der Waals surface area contributed by atoms with Crippen molar-refractivity contribution in [3.63, 3.8) is 0 Å². The van der Waals surface area contributed by atoms with E-state index in [-0.39, 0.29) is 0 Å². The smallest absolute Gasteiger partial charge is 0.119 e. The quantitative estimate of drug-likeness (QED) is 0.421. The lowest BCUT2D eigenvalue weighted by Gasteiger charge is -2.29. The molecule has 0 aromatic heterocycles. The molecule has 156 valence electrons. The molecule has 5 heteroatoms. The highest BCUT2D eigenvalue weighted by Crippen LogP contribution is 2.31. The minimum absolute atomic E-state index is 0.500. The summed E-state index contributed by atoms with van der Waals surface area (Å²) in [5.41, 5.74) is 4.41. The molecule has 0 spiro atoms. The van der Waals surface area contributed by atoms with E-state index in [1.807, 2.05) is 42.5 Å². The summed E-state index contributed by atoms with van der Waals surface area (Å²) in [6.07, 6.45) is 3.81. The second kappa shape index (κ2) is 10.1. The first kappa shape index (κ1) is 20.9. The van der Waals surface area contributed by atoms with Crippen LogP contribution in [0.25, 0.3) is 0 Å². The van der Waals surface area contributed by atoms with Crippen molar-refractivity contribution < 1.29 is 4.74 Å². The van der Waals surface area contributed by atoms with E-state index in [2.05, 4.69) is 34.5 Å². The molecule has 1 fully saturated rings. The minimum Gasteiger partial charge on any atom is -0.489 e. The van der Waals surface area contributed by atoms with Gasteiger partial charge in [-0.25, -0.2) is 0 Å². The molecule has 1 heterocycles. The highest BCUT2D eigenvalue weighted by Gasteiger charge is 2.14. The van der Waals surface area contributed by atoms with Crippen molar-refractivity contribution in [3.8, 4) is 5.75 Å². The van der Waals surface area contributed by atoms with E-state index in [1.165, 1.54) is 24.8 Å². The first-order valence-electron chi connectivity index (χ1n) is 10.4. The van der Waals surface area contributed by atoms with E-state index in [0.29, 0.717) is 6.61 Å². The van der Waals surface area contributed by atoms with Crippen LogP contribution < -0.4 is 15.0 Å². The molecule has 0 bridgehead atoms. The predicted octanol–water partition coefficient (Wildman–Crippen LogP) is 7.17. The number of halogens is 2. The first-order chi connectivity index (χ1) is 14.7. The summed E-state index contributed by atoms with van der Waals surface area (Å²) < 4.78 is 5.85. The molecule has 4 rings (SSSR count). The van der Waals surface area contributed by atoms with Crippen molar-refractivity contribution in [2.45, 2.75) is 32.4 Å². The molecule has 0 aliphatic carbocycles. The van der Waals surface area contributed by atoms with Gasteiger partial charge in [0, 0.05) is 30.3 Å².